The SMILES string of the molecule is CCc1cccc(S(=O)(=O)N[C@@H]2CCCN[C@H]2C)c1. The molecule has 1 heterocycles. The van der Waals surface area contributed by atoms with Gasteiger partial charge in [-0.3, -0.25) is 0 Å². The van der Waals surface area contributed by atoms with Crippen molar-refractivity contribution in [2.24, 2.45) is 0 Å². The summed E-state index contributed by atoms with van der Waals surface area (Å²) in [5, 5.41) is 3.30. The molecule has 1 aliphatic heterocycles. The summed E-state index contributed by atoms with van der Waals surface area (Å²) in [6.45, 7) is 5.01. The van der Waals surface area contributed by atoms with Crippen molar-refractivity contribution in [1.29, 1.82) is 0 Å². The van der Waals surface area contributed by atoms with E-state index in [1.165, 1.54) is 0 Å². The van der Waals surface area contributed by atoms with Crippen molar-refractivity contribution in [2.75, 3.05) is 6.54 Å². The zero-order chi connectivity index (χ0) is 13.9. The molecular weight excluding hydrogens is 260 g/mol. The number of rotatable bonds is 4. The zero-order valence-corrected chi connectivity index (χ0v) is 12.3. The Balaban J connectivity index is 2.17. The van der Waals surface area contributed by atoms with Crippen LogP contribution in [0.15, 0.2) is 29.2 Å². The van der Waals surface area contributed by atoms with E-state index < -0.39 is 10.0 Å². The van der Waals surface area contributed by atoms with E-state index in [2.05, 4.69) is 10.0 Å². The molecule has 106 valence electrons. The van der Waals surface area contributed by atoms with Crippen LogP contribution in [0, 0.1) is 0 Å². The van der Waals surface area contributed by atoms with Gasteiger partial charge in [0.2, 0.25) is 10.0 Å². The molecule has 1 saturated heterocycles. The topological polar surface area (TPSA) is 58.2 Å². The third-order valence-electron chi connectivity index (χ3n) is 3.69. The Morgan fingerprint density at radius 1 is 1.42 bits per heavy atom. The first kappa shape index (κ1) is 14.5. The van der Waals surface area contributed by atoms with Crippen molar-refractivity contribution >= 4 is 10.0 Å². The summed E-state index contributed by atoms with van der Waals surface area (Å²) in [4.78, 5) is 0.365. The van der Waals surface area contributed by atoms with E-state index in [4.69, 9.17) is 0 Å². The van der Waals surface area contributed by atoms with Crippen molar-refractivity contribution in [3.63, 3.8) is 0 Å². The normalized spacial score (nSPS) is 24.3. The van der Waals surface area contributed by atoms with Gasteiger partial charge in [0.1, 0.15) is 0 Å². The number of aryl methyl sites for hydroxylation is 1. The second kappa shape index (κ2) is 6.03. The van der Waals surface area contributed by atoms with E-state index in [0.29, 0.717) is 4.90 Å². The lowest BCUT2D eigenvalue weighted by molar-refractivity contribution is 0.349. The van der Waals surface area contributed by atoms with Crippen molar-refractivity contribution in [3.8, 4) is 0 Å². The first-order valence-electron chi connectivity index (χ1n) is 6.87. The Bertz CT molecular complexity index is 528. The van der Waals surface area contributed by atoms with E-state index in [1.807, 2.05) is 19.9 Å². The minimum absolute atomic E-state index is 0.0240. The highest BCUT2D eigenvalue weighted by atomic mass is 32.2. The van der Waals surface area contributed by atoms with Crippen LogP contribution in [0.2, 0.25) is 0 Å². The molecule has 1 aliphatic rings. The predicted octanol–water partition coefficient (Wildman–Crippen LogP) is 1.67. The number of hydrogen-bond acceptors (Lipinski definition) is 3. The van der Waals surface area contributed by atoms with Crippen LogP contribution in [0.4, 0.5) is 0 Å². The molecule has 0 unspecified atom stereocenters. The van der Waals surface area contributed by atoms with Gasteiger partial charge in [0, 0.05) is 12.1 Å². The number of piperidine rings is 1. The predicted molar refractivity (Wildman–Crippen MR) is 76.6 cm³/mol. The number of benzene rings is 1. The first-order chi connectivity index (χ1) is 9.03. The molecule has 2 atom stereocenters. The number of sulfonamides is 1. The van der Waals surface area contributed by atoms with E-state index in [0.717, 1.165) is 31.4 Å². The average Bonchev–Trinajstić information content (AvgIpc) is 2.41. The lowest BCUT2D eigenvalue weighted by atomic mass is 10.0. The van der Waals surface area contributed by atoms with E-state index in [1.54, 1.807) is 18.2 Å². The fourth-order valence-corrected chi connectivity index (χ4v) is 3.83. The molecule has 1 aromatic carbocycles. The molecule has 1 aromatic rings. The van der Waals surface area contributed by atoms with Crippen LogP contribution in [0.1, 0.15) is 32.3 Å². The van der Waals surface area contributed by atoms with Crippen molar-refractivity contribution in [1.82, 2.24) is 10.0 Å². The number of hydrogen-bond donors (Lipinski definition) is 2. The van der Waals surface area contributed by atoms with Crippen molar-refractivity contribution < 1.29 is 8.42 Å². The van der Waals surface area contributed by atoms with Gasteiger partial charge in [-0.1, -0.05) is 19.1 Å². The van der Waals surface area contributed by atoms with Crippen molar-refractivity contribution in [3.05, 3.63) is 29.8 Å². The van der Waals surface area contributed by atoms with Crippen LogP contribution in [-0.2, 0) is 16.4 Å². The Kier molecular flexibility index (Phi) is 4.60. The maximum Gasteiger partial charge on any atom is 0.240 e. The van der Waals surface area contributed by atoms with Gasteiger partial charge in [-0.25, -0.2) is 13.1 Å². The van der Waals surface area contributed by atoms with Gasteiger partial charge in [-0.2, -0.15) is 0 Å². The Labute approximate surface area is 115 Å². The minimum atomic E-state index is -3.42. The van der Waals surface area contributed by atoms with Crippen LogP contribution in [0.25, 0.3) is 0 Å². The lowest BCUT2D eigenvalue weighted by Crippen LogP contribution is -2.51. The van der Waals surface area contributed by atoms with Gasteiger partial charge in [-0.15, -0.1) is 0 Å². The maximum absolute atomic E-state index is 12.4. The van der Waals surface area contributed by atoms with Crippen molar-refractivity contribution in [2.45, 2.75) is 50.1 Å². The highest BCUT2D eigenvalue weighted by Crippen LogP contribution is 2.15. The monoisotopic (exact) mass is 282 g/mol. The average molecular weight is 282 g/mol. The van der Waals surface area contributed by atoms with Crippen LogP contribution < -0.4 is 10.0 Å². The molecule has 0 aliphatic carbocycles. The van der Waals surface area contributed by atoms with Gasteiger partial charge < -0.3 is 5.32 Å². The summed E-state index contributed by atoms with van der Waals surface area (Å²) >= 11 is 0. The summed E-state index contributed by atoms with van der Waals surface area (Å²) < 4.78 is 27.6. The van der Waals surface area contributed by atoms with Gasteiger partial charge in [0.15, 0.2) is 0 Å². The van der Waals surface area contributed by atoms with E-state index >= 15 is 0 Å². The van der Waals surface area contributed by atoms with Crippen LogP contribution >= 0.6 is 0 Å². The molecule has 0 aromatic heterocycles. The third-order valence-corrected chi connectivity index (χ3v) is 5.17. The van der Waals surface area contributed by atoms with Gasteiger partial charge >= 0.3 is 0 Å². The smallest absolute Gasteiger partial charge is 0.240 e. The van der Waals surface area contributed by atoms with E-state index in [-0.39, 0.29) is 12.1 Å². The minimum Gasteiger partial charge on any atom is -0.313 e. The Morgan fingerprint density at radius 2 is 2.21 bits per heavy atom. The molecule has 0 amide bonds. The molecule has 0 saturated carbocycles. The lowest BCUT2D eigenvalue weighted by Gasteiger charge is -2.30. The molecule has 0 spiro atoms. The molecule has 2 N–H and O–H groups in total. The fraction of sp³-hybridized carbons (Fsp3) is 0.571. The highest BCUT2D eigenvalue weighted by molar-refractivity contribution is 7.89. The molecule has 1 fully saturated rings. The quantitative estimate of drug-likeness (QED) is 0.883. The third kappa shape index (κ3) is 3.55. The van der Waals surface area contributed by atoms with E-state index in [9.17, 15) is 8.42 Å². The zero-order valence-electron chi connectivity index (χ0n) is 11.5. The van der Waals surface area contributed by atoms with Gasteiger partial charge in [0.25, 0.3) is 0 Å². The summed E-state index contributed by atoms with van der Waals surface area (Å²) in [5.74, 6) is 0. The molecule has 2 rings (SSSR count). The number of nitrogens with one attached hydrogen (secondary N) is 2. The molecule has 0 bridgehead atoms. The van der Waals surface area contributed by atoms with Gasteiger partial charge in [0.05, 0.1) is 4.90 Å². The summed E-state index contributed by atoms with van der Waals surface area (Å²) in [5.41, 5.74) is 1.04. The summed E-state index contributed by atoms with van der Waals surface area (Å²) in [7, 11) is -3.42. The fourth-order valence-electron chi connectivity index (χ4n) is 2.40. The Morgan fingerprint density at radius 3 is 2.89 bits per heavy atom. The molecule has 4 nitrogen and oxygen atoms in total. The molecular formula is C14H22N2O2S. The maximum atomic E-state index is 12.4. The Hall–Kier alpha value is -0.910. The molecule has 5 heteroatoms. The van der Waals surface area contributed by atoms with Crippen LogP contribution in [-0.4, -0.2) is 27.0 Å². The van der Waals surface area contributed by atoms with Crippen LogP contribution in [0.5, 0.6) is 0 Å². The highest BCUT2D eigenvalue weighted by Gasteiger charge is 2.26. The second-order valence-electron chi connectivity index (χ2n) is 5.11. The first-order valence-corrected chi connectivity index (χ1v) is 8.36. The molecule has 0 radical (unpaired) electrons. The summed E-state index contributed by atoms with van der Waals surface area (Å²) in [6, 6.07) is 7.31. The van der Waals surface area contributed by atoms with Gasteiger partial charge in [-0.05, 0) is 50.4 Å². The molecule has 19 heavy (non-hydrogen) atoms. The summed E-state index contributed by atoms with van der Waals surface area (Å²) in [6.07, 6.45) is 2.73. The largest absolute Gasteiger partial charge is 0.313 e. The second-order valence-corrected chi connectivity index (χ2v) is 6.83. The van der Waals surface area contributed by atoms with Crippen LogP contribution in [0.3, 0.4) is 0 Å². The standard InChI is InChI=1S/C14H22N2O2S/c1-3-12-6-4-7-13(10-12)19(17,18)16-14-8-5-9-15-11(14)2/h4,6-7,10-11,14-16H,3,5,8-9H2,1-2H3/t11-,14+/m0/s1.